The molecule has 0 unspecified atom stereocenters. The minimum Gasteiger partial charge on any atom is -0.495 e. The molecule has 0 bridgehead atoms. The molecule has 162 valence electrons. The number of methoxy groups -OCH3 is 1. The van der Waals surface area contributed by atoms with Crippen LogP contribution < -0.4 is 9.46 Å². The molecule has 0 aliphatic carbocycles. The molecule has 0 saturated heterocycles. The van der Waals surface area contributed by atoms with Crippen molar-refractivity contribution in [3.05, 3.63) is 89.5 Å². The number of carbonyl (C=O) groups is 1. The van der Waals surface area contributed by atoms with Gasteiger partial charge in [-0.05, 0) is 47.9 Å². The molecular formula is C24H26N2O4S. The summed E-state index contributed by atoms with van der Waals surface area (Å²) < 4.78 is 33.5. The van der Waals surface area contributed by atoms with Crippen molar-refractivity contribution in [1.29, 1.82) is 0 Å². The molecule has 31 heavy (non-hydrogen) atoms. The van der Waals surface area contributed by atoms with Gasteiger partial charge in [-0.25, -0.2) is 8.42 Å². The molecule has 0 atom stereocenters. The number of carbonyl (C=O) groups excluding carboxylic acids is 1. The number of sulfonamides is 1. The first kappa shape index (κ1) is 22.4. The predicted molar refractivity (Wildman–Crippen MR) is 122 cm³/mol. The van der Waals surface area contributed by atoms with Gasteiger partial charge in [-0.3, -0.25) is 9.52 Å². The third-order valence-corrected chi connectivity index (χ3v) is 6.30. The molecule has 0 aliphatic rings. The Morgan fingerprint density at radius 2 is 1.65 bits per heavy atom. The lowest BCUT2D eigenvalue weighted by atomic mass is 10.1. The number of aryl methyl sites for hydroxylation is 1. The molecule has 3 rings (SSSR count). The largest absolute Gasteiger partial charge is 0.495 e. The van der Waals surface area contributed by atoms with Crippen molar-refractivity contribution in [3.63, 3.8) is 0 Å². The van der Waals surface area contributed by atoms with E-state index in [-0.39, 0.29) is 10.8 Å². The van der Waals surface area contributed by atoms with Gasteiger partial charge in [0.05, 0.1) is 17.7 Å². The molecule has 0 saturated carbocycles. The van der Waals surface area contributed by atoms with Gasteiger partial charge in [0.1, 0.15) is 5.75 Å². The summed E-state index contributed by atoms with van der Waals surface area (Å²) in [7, 11) is -0.726. The summed E-state index contributed by atoms with van der Waals surface area (Å²) in [5.41, 5.74) is 2.87. The van der Waals surface area contributed by atoms with Crippen molar-refractivity contribution in [2.45, 2.75) is 24.8 Å². The van der Waals surface area contributed by atoms with E-state index in [0.717, 1.165) is 12.0 Å². The second kappa shape index (κ2) is 9.66. The van der Waals surface area contributed by atoms with Gasteiger partial charge in [-0.2, -0.15) is 0 Å². The number of hydrogen-bond acceptors (Lipinski definition) is 4. The van der Waals surface area contributed by atoms with E-state index in [1.807, 2.05) is 24.3 Å². The summed E-state index contributed by atoms with van der Waals surface area (Å²) in [6.07, 6.45) is 0.958. The van der Waals surface area contributed by atoms with E-state index in [0.29, 0.717) is 23.5 Å². The Morgan fingerprint density at radius 3 is 2.32 bits per heavy atom. The normalized spacial score (nSPS) is 11.1. The number of nitrogens with one attached hydrogen (secondary N) is 1. The molecular weight excluding hydrogens is 412 g/mol. The molecule has 6 nitrogen and oxygen atoms in total. The Balaban J connectivity index is 1.78. The molecule has 0 aliphatic heterocycles. The van der Waals surface area contributed by atoms with E-state index in [4.69, 9.17) is 4.74 Å². The number of hydrogen-bond donors (Lipinski definition) is 1. The minimum atomic E-state index is -3.89. The van der Waals surface area contributed by atoms with Gasteiger partial charge in [-0.1, -0.05) is 49.4 Å². The highest BCUT2D eigenvalue weighted by molar-refractivity contribution is 7.92. The van der Waals surface area contributed by atoms with Gasteiger partial charge >= 0.3 is 0 Å². The zero-order chi connectivity index (χ0) is 22.4. The van der Waals surface area contributed by atoms with Crippen molar-refractivity contribution in [1.82, 2.24) is 4.90 Å². The van der Waals surface area contributed by atoms with Crippen molar-refractivity contribution < 1.29 is 17.9 Å². The molecule has 3 aromatic carbocycles. The summed E-state index contributed by atoms with van der Waals surface area (Å²) in [6.45, 7) is 2.52. The lowest BCUT2D eigenvalue weighted by Gasteiger charge is -2.18. The molecule has 0 radical (unpaired) electrons. The Bertz CT molecular complexity index is 1160. The summed E-state index contributed by atoms with van der Waals surface area (Å²) in [5.74, 6) is 0.154. The fourth-order valence-electron chi connectivity index (χ4n) is 3.18. The quantitative estimate of drug-likeness (QED) is 0.568. The maximum Gasteiger partial charge on any atom is 0.262 e. The topological polar surface area (TPSA) is 75.7 Å². The number of amides is 1. The van der Waals surface area contributed by atoms with Crippen LogP contribution in [0.2, 0.25) is 0 Å². The smallest absolute Gasteiger partial charge is 0.262 e. The summed E-state index contributed by atoms with van der Waals surface area (Å²) in [5, 5.41) is 0. The van der Waals surface area contributed by atoms with Gasteiger partial charge in [0.25, 0.3) is 15.9 Å². The first-order valence-electron chi connectivity index (χ1n) is 9.93. The number of anilines is 1. The van der Waals surface area contributed by atoms with Crippen molar-refractivity contribution in [3.8, 4) is 5.75 Å². The highest BCUT2D eigenvalue weighted by Crippen LogP contribution is 2.26. The molecule has 1 N–H and O–H groups in total. The maximum absolute atomic E-state index is 12.9. The summed E-state index contributed by atoms with van der Waals surface area (Å²) >= 11 is 0. The van der Waals surface area contributed by atoms with Crippen molar-refractivity contribution in [2.75, 3.05) is 18.9 Å². The van der Waals surface area contributed by atoms with Crippen LogP contribution in [0.3, 0.4) is 0 Å². The van der Waals surface area contributed by atoms with Crippen LogP contribution in [0.15, 0.2) is 77.7 Å². The molecule has 0 heterocycles. The van der Waals surface area contributed by atoms with Crippen LogP contribution in [0.4, 0.5) is 5.69 Å². The Kier molecular flexibility index (Phi) is 6.97. The van der Waals surface area contributed by atoms with Crippen LogP contribution in [0.25, 0.3) is 0 Å². The fraction of sp³-hybridized carbons (Fsp3) is 0.208. The summed E-state index contributed by atoms with van der Waals surface area (Å²) in [6, 6.07) is 20.9. The maximum atomic E-state index is 12.9. The number of nitrogens with zero attached hydrogens (tertiary/aromatic N) is 1. The average molecular weight is 439 g/mol. The van der Waals surface area contributed by atoms with E-state index in [2.05, 4.69) is 11.6 Å². The number of rotatable bonds is 8. The van der Waals surface area contributed by atoms with Gasteiger partial charge in [0.15, 0.2) is 0 Å². The van der Waals surface area contributed by atoms with Gasteiger partial charge in [0.2, 0.25) is 0 Å². The second-order valence-electron chi connectivity index (χ2n) is 7.16. The Morgan fingerprint density at radius 1 is 0.968 bits per heavy atom. The Labute approximate surface area is 183 Å². The van der Waals surface area contributed by atoms with Crippen LogP contribution in [0, 0.1) is 0 Å². The van der Waals surface area contributed by atoms with Crippen LogP contribution in [-0.4, -0.2) is 33.4 Å². The lowest BCUT2D eigenvalue weighted by molar-refractivity contribution is 0.0785. The number of ether oxygens (including phenoxy) is 1. The third-order valence-electron chi connectivity index (χ3n) is 4.94. The highest BCUT2D eigenvalue weighted by Gasteiger charge is 2.19. The van der Waals surface area contributed by atoms with E-state index in [1.165, 1.54) is 24.8 Å². The lowest BCUT2D eigenvalue weighted by Crippen LogP contribution is -2.26. The monoisotopic (exact) mass is 438 g/mol. The van der Waals surface area contributed by atoms with Crippen LogP contribution in [0.5, 0.6) is 5.75 Å². The van der Waals surface area contributed by atoms with Crippen LogP contribution in [0.1, 0.15) is 28.4 Å². The Hall–Kier alpha value is -3.32. The molecule has 0 aromatic heterocycles. The summed E-state index contributed by atoms with van der Waals surface area (Å²) in [4.78, 5) is 14.5. The van der Waals surface area contributed by atoms with E-state index < -0.39 is 10.0 Å². The minimum absolute atomic E-state index is 0.00459. The molecule has 0 spiro atoms. The molecule has 1 amide bonds. The van der Waals surface area contributed by atoms with E-state index in [9.17, 15) is 13.2 Å². The van der Waals surface area contributed by atoms with Crippen LogP contribution >= 0.6 is 0 Å². The zero-order valence-electron chi connectivity index (χ0n) is 17.8. The molecule has 7 heteroatoms. The third kappa shape index (κ3) is 5.44. The SMILES string of the molecule is CCc1ccc(CN(C)C(=O)c2cccc(S(=O)(=O)Nc3ccccc3OC)c2)cc1. The van der Waals surface area contributed by atoms with Crippen LogP contribution in [-0.2, 0) is 23.0 Å². The van der Waals surface area contributed by atoms with E-state index >= 15 is 0 Å². The second-order valence-corrected chi connectivity index (χ2v) is 8.85. The van der Waals surface area contributed by atoms with E-state index in [1.54, 1.807) is 48.3 Å². The van der Waals surface area contributed by atoms with Crippen molar-refractivity contribution in [2.24, 2.45) is 0 Å². The number of para-hydroxylation sites is 2. The fourth-order valence-corrected chi connectivity index (χ4v) is 4.29. The standard InChI is InChI=1S/C24H26N2O4S/c1-4-18-12-14-19(15-13-18)17-26(2)24(27)20-8-7-9-21(16-20)31(28,29)25-22-10-5-6-11-23(22)30-3/h5-16,25H,4,17H2,1-3H3. The first-order chi connectivity index (χ1) is 14.8. The number of benzene rings is 3. The molecule has 3 aromatic rings. The van der Waals surface area contributed by atoms with Gasteiger partial charge < -0.3 is 9.64 Å². The predicted octanol–water partition coefficient (Wildman–Crippen LogP) is 4.33. The average Bonchev–Trinajstić information content (AvgIpc) is 2.79. The molecule has 0 fully saturated rings. The van der Waals surface area contributed by atoms with Gasteiger partial charge in [-0.15, -0.1) is 0 Å². The zero-order valence-corrected chi connectivity index (χ0v) is 18.6. The first-order valence-corrected chi connectivity index (χ1v) is 11.4. The van der Waals surface area contributed by atoms with Gasteiger partial charge in [0, 0.05) is 19.2 Å². The van der Waals surface area contributed by atoms with Crippen molar-refractivity contribution >= 4 is 21.6 Å². The highest BCUT2D eigenvalue weighted by atomic mass is 32.2.